The Hall–Kier alpha value is -0.830. The number of carbonyl (C=O) groups excluding carboxylic acids is 1. The Balaban J connectivity index is 4.36. The summed E-state index contributed by atoms with van der Waals surface area (Å²) in [6.45, 7) is 2.80. The minimum Gasteiger partial charge on any atom is -0.277 e. The SMILES string of the molecule is CC(C)C(=O)NNS(=O)(=O)C(F)(F)F. The molecule has 84 valence electrons. The van der Waals surface area contributed by atoms with Crippen molar-refractivity contribution in [2.45, 2.75) is 19.4 Å². The van der Waals surface area contributed by atoms with E-state index in [4.69, 9.17) is 0 Å². The monoisotopic (exact) mass is 234 g/mol. The normalized spacial score (nSPS) is 13.0. The van der Waals surface area contributed by atoms with Crippen LogP contribution in [-0.4, -0.2) is 19.8 Å². The molecule has 0 aliphatic rings. The molecular weight excluding hydrogens is 225 g/mol. The summed E-state index contributed by atoms with van der Waals surface area (Å²) in [6.07, 6.45) is 0. The number of alkyl halides is 3. The second-order valence-corrected chi connectivity index (χ2v) is 4.37. The summed E-state index contributed by atoms with van der Waals surface area (Å²) in [7, 11) is -5.51. The zero-order valence-electron chi connectivity index (χ0n) is 7.34. The van der Waals surface area contributed by atoms with E-state index in [1.165, 1.54) is 19.3 Å². The van der Waals surface area contributed by atoms with Crippen molar-refractivity contribution in [1.29, 1.82) is 0 Å². The molecule has 0 atom stereocenters. The molecule has 9 heteroatoms. The first-order valence-corrected chi connectivity index (χ1v) is 4.94. The lowest BCUT2D eigenvalue weighted by atomic mass is 10.2. The highest BCUT2D eigenvalue weighted by molar-refractivity contribution is 7.90. The number of carbonyl (C=O) groups is 1. The Bertz CT molecular complexity index is 309. The van der Waals surface area contributed by atoms with Crippen LogP contribution in [0.4, 0.5) is 13.2 Å². The highest BCUT2D eigenvalue weighted by Gasteiger charge is 2.46. The molecule has 0 unspecified atom stereocenters. The van der Waals surface area contributed by atoms with Gasteiger partial charge in [-0.15, -0.1) is 4.83 Å². The lowest BCUT2D eigenvalue weighted by molar-refractivity contribution is -0.124. The average molecular weight is 234 g/mol. The largest absolute Gasteiger partial charge is 0.513 e. The van der Waals surface area contributed by atoms with Crippen molar-refractivity contribution in [3.63, 3.8) is 0 Å². The third-order valence-electron chi connectivity index (χ3n) is 1.14. The van der Waals surface area contributed by atoms with E-state index in [0.717, 1.165) is 4.83 Å². The molecule has 0 saturated heterocycles. The van der Waals surface area contributed by atoms with Crippen molar-refractivity contribution in [2.24, 2.45) is 5.92 Å². The predicted octanol–water partition coefficient (Wildman–Crippen LogP) is 0.113. The van der Waals surface area contributed by atoms with Gasteiger partial charge in [0.05, 0.1) is 0 Å². The maximum absolute atomic E-state index is 11.7. The molecule has 0 aliphatic heterocycles. The van der Waals surface area contributed by atoms with Gasteiger partial charge in [-0.2, -0.15) is 13.2 Å². The van der Waals surface area contributed by atoms with Crippen LogP contribution in [0.1, 0.15) is 13.8 Å². The van der Waals surface area contributed by atoms with Crippen molar-refractivity contribution in [3.8, 4) is 0 Å². The summed E-state index contributed by atoms with van der Waals surface area (Å²) in [5.74, 6) is -1.47. The number of hydrogen-bond acceptors (Lipinski definition) is 3. The zero-order chi connectivity index (χ0) is 11.6. The van der Waals surface area contributed by atoms with E-state index >= 15 is 0 Å². The van der Waals surface area contributed by atoms with Gasteiger partial charge in [-0.1, -0.05) is 13.8 Å². The van der Waals surface area contributed by atoms with Crippen LogP contribution in [0.5, 0.6) is 0 Å². The lowest BCUT2D eigenvalue weighted by Crippen LogP contribution is -2.48. The second-order valence-electron chi connectivity index (χ2n) is 2.70. The number of rotatable bonds is 3. The van der Waals surface area contributed by atoms with Gasteiger partial charge in [-0.05, 0) is 0 Å². The van der Waals surface area contributed by atoms with E-state index in [1.54, 1.807) is 0 Å². The van der Waals surface area contributed by atoms with Gasteiger partial charge >= 0.3 is 15.5 Å². The molecule has 0 heterocycles. The number of hydrazine groups is 1. The Morgan fingerprint density at radius 2 is 1.71 bits per heavy atom. The Kier molecular flexibility index (Phi) is 3.89. The highest BCUT2D eigenvalue weighted by atomic mass is 32.2. The van der Waals surface area contributed by atoms with Crippen LogP contribution in [-0.2, 0) is 14.8 Å². The van der Waals surface area contributed by atoms with Crippen LogP contribution in [0.2, 0.25) is 0 Å². The van der Waals surface area contributed by atoms with Gasteiger partial charge in [-0.3, -0.25) is 10.2 Å². The summed E-state index contributed by atoms with van der Waals surface area (Å²) in [6, 6.07) is 0. The number of amides is 1. The number of sulfonamides is 1. The summed E-state index contributed by atoms with van der Waals surface area (Å²) < 4.78 is 55.7. The molecule has 0 aromatic carbocycles. The van der Waals surface area contributed by atoms with E-state index in [0.29, 0.717) is 0 Å². The minimum absolute atomic E-state index is 0.620. The van der Waals surface area contributed by atoms with Gasteiger partial charge in [0, 0.05) is 5.92 Å². The van der Waals surface area contributed by atoms with E-state index in [9.17, 15) is 26.4 Å². The summed E-state index contributed by atoms with van der Waals surface area (Å²) in [5.41, 5.74) is -4.00. The van der Waals surface area contributed by atoms with Crippen LogP contribution < -0.4 is 10.3 Å². The predicted molar refractivity (Wildman–Crippen MR) is 41.1 cm³/mol. The molecule has 0 radical (unpaired) electrons. The molecule has 0 spiro atoms. The lowest BCUT2D eigenvalue weighted by Gasteiger charge is -2.11. The maximum Gasteiger partial charge on any atom is 0.513 e. The molecule has 5 nitrogen and oxygen atoms in total. The van der Waals surface area contributed by atoms with Crippen LogP contribution in [0.15, 0.2) is 0 Å². The first kappa shape index (κ1) is 13.2. The Morgan fingerprint density at radius 1 is 1.29 bits per heavy atom. The highest BCUT2D eigenvalue weighted by Crippen LogP contribution is 2.20. The number of halogens is 3. The van der Waals surface area contributed by atoms with Crippen LogP contribution in [0.25, 0.3) is 0 Å². The van der Waals surface area contributed by atoms with Gasteiger partial charge < -0.3 is 0 Å². The summed E-state index contributed by atoms with van der Waals surface area (Å²) in [4.78, 5) is 11.6. The molecule has 0 aromatic heterocycles. The molecule has 14 heavy (non-hydrogen) atoms. The fourth-order valence-electron chi connectivity index (χ4n) is 0.320. The first-order chi connectivity index (χ1) is 6.08. The molecule has 2 N–H and O–H groups in total. The third kappa shape index (κ3) is 3.50. The molecule has 0 aromatic rings. The second kappa shape index (κ2) is 4.13. The van der Waals surface area contributed by atoms with E-state index in [2.05, 4.69) is 0 Å². The molecule has 0 rings (SSSR count). The van der Waals surface area contributed by atoms with Gasteiger partial charge in [0.15, 0.2) is 0 Å². The van der Waals surface area contributed by atoms with Crippen molar-refractivity contribution in [1.82, 2.24) is 10.3 Å². The molecule has 0 aliphatic carbocycles. The van der Waals surface area contributed by atoms with Crippen molar-refractivity contribution >= 4 is 15.9 Å². The molecule has 0 bridgehead atoms. The molecule has 0 fully saturated rings. The zero-order valence-corrected chi connectivity index (χ0v) is 8.16. The van der Waals surface area contributed by atoms with Gasteiger partial charge in [0.2, 0.25) is 5.91 Å². The van der Waals surface area contributed by atoms with Crippen LogP contribution in [0.3, 0.4) is 0 Å². The van der Waals surface area contributed by atoms with E-state index < -0.39 is 27.4 Å². The fraction of sp³-hybridized carbons (Fsp3) is 0.800. The topological polar surface area (TPSA) is 75.3 Å². The maximum atomic E-state index is 11.7. The number of hydrogen-bond donors (Lipinski definition) is 2. The van der Waals surface area contributed by atoms with Gasteiger partial charge in [0.1, 0.15) is 0 Å². The fourth-order valence-corrected chi connectivity index (χ4v) is 0.670. The van der Waals surface area contributed by atoms with Gasteiger partial charge in [-0.25, -0.2) is 8.42 Å². The van der Waals surface area contributed by atoms with E-state index in [1.807, 2.05) is 0 Å². The smallest absolute Gasteiger partial charge is 0.277 e. The molecular formula is C5H9F3N2O3S. The van der Waals surface area contributed by atoms with Crippen molar-refractivity contribution < 1.29 is 26.4 Å². The van der Waals surface area contributed by atoms with Crippen molar-refractivity contribution in [3.05, 3.63) is 0 Å². The van der Waals surface area contributed by atoms with Gasteiger partial charge in [0.25, 0.3) is 0 Å². The molecule has 1 amide bonds. The first-order valence-electron chi connectivity index (χ1n) is 3.46. The van der Waals surface area contributed by atoms with E-state index in [-0.39, 0.29) is 0 Å². The minimum atomic E-state index is -5.51. The van der Waals surface area contributed by atoms with Crippen LogP contribution >= 0.6 is 0 Å². The quantitative estimate of drug-likeness (QED) is 0.681. The third-order valence-corrected chi connectivity index (χ3v) is 2.12. The standard InChI is InChI=1S/C5H9F3N2O3S/c1-3(2)4(11)9-10-14(12,13)5(6,7)8/h3,10H,1-2H3,(H,9,11). The Morgan fingerprint density at radius 3 is 2.00 bits per heavy atom. The number of nitrogens with one attached hydrogen (secondary N) is 2. The van der Waals surface area contributed by atoms with Crippen LogP contribution in [0, 0.1) is 5.92 Å². The molecule has 0 saturated carbocycles. The average Bonchev–Trinajstić information content (AvgIpc) is 1.97. The van der Waals surface area contributed by atoms with Crippen molar-refractivity contribution in [2.75, 3.05) is 0 Å². The summed E-state index contributed by atoms with van der Waals surface area (Å²) >= 11 is 0. The Labute approximate surface area is 78.7 Å². The summed E-state index contributed by atoms with van der Waals surface area (Å²) in [5, 5.41) is 0.